The maximum Gasteiger partial charge on any atom is 0.0951 e. The average molecular weight is 276 g/mol. The highest BCUT2D eigenvalue weighted by Crippen LogP contribution is 2.23. The number of hydrogen-bond donors (Lipinski definition) is 1. The monoisotopic (exact) mass is 276 g/mol. The minimum absolute atomic E-state index is 0.500. The van der Waals surface area contributed by atoms with Crippen molar-refractivity contribution in [3.8, 4) is 0 Å². The zero-order chi connectivity index (χ0) is 13.9. The third-order valence-electron chi connectivity index (χ3n) is 4.64. The molecule has 1 aliphatic heterocycles. The third-order valence-corrected chi connectivity index (χ3v) is 4.64. The van der Waals surface area contributed by atoms with E-state index in [1.807, 2.05) is 12.5 Å². The van der Waals surface area contributed by atoms with E-state index < -0.39 is 0 Å². The summed E-state index contributed by atoms with van der Waals surface area (Å²) in [5, 5.41) is 3.71. The van der Waals surface area contributed by atoms with Gasteiger partial charge in [0, 0.05) is 37.4 Å². The van der Waals surface area contributed by atoms with E-state index in [4.69, 9.17) is 0 Å². The van der Waals surface area contributed by atoms with Gasteiger partial charge in [-0.2, -0.15) is 0 Å². The van der Waals surface area contributed by atoms with E-state index in [9.17, 15) is 0 Å². The van der Waals surface area contributed by atoms with E-state index in [1.165, 1.54) is 50.9 Å². The number of nitrogens with zero attached hydrogens (tertiary/aromatic N) is 3. The van der Waals surface area contributed by atoms with Gasteiger partial charge < -0.3 is 9.88 Å². The molecule has 2 heterocycles. The number of likely N-dealkylation sites (tertiary alicyclic amines) is 1. The second-order valence-corrected chi connectivity index (χ2v) is 6.69. The predicted molar refractivity (Wildman–Crippen MR) is 81.7 cm³/mol. The van der Waals surface area contributed by atoms with Gasteiger partial charge in [0.05, 0.1) is 12.0 Å². The summed E-state index contributed by atoms with van der Waals surface area (Å²) in [5.74, 6) is 0. The lowest BCUT2D eigenvalue weighted by Crippen LogP contribution is -2.45. The van der Waals surface area contributed by atoms with Crippen molar-refractivity contribution < 1.29 is 0 Å². The minimum Gasteiger partial charge on any atom is -0.331 e. The first-order valence-corrected chi connectivity index (χ1v) is 8.22. The molecular weight excluding hydrogens is 248 g/mol. The lowest BCUT2D eigenvalue weighted by Gasteiger charge is -2.36. The Morgan fingerprint density at radius 3 is 2.90 bits per heavy atom. The fourth-order valence-corrected chi connectivity index (χ4v) is 3.22. The molecule has 4 heteroatoms. The first kappa shape index (κ1) is 14.1. The van der Waals surface area contributed by atoms with Gasteiger partial charge in [0.25, 0.3) is 0 Å². The Hall–Kier alpha value is -0.870. The summed E-state index contributed by atoms with van der Waals surface area (Å²) in [7, 11) is 0. The van der Waals surface area contributed by atoms with Crippen molar-refractivity contribution in [2.45, 2.75) is 70.6 Å². The van der Waals surface area contributed by atoms with Crippen LogP contribution >= 0.6 is 0 Å². The molecule has 0 spiro atoms. The Kier molecular flexibility index (Phi) is 4.41. The van der Waals surface area contributed by atoms with Crippen molar-refractivity contribution in [1.82, 2.24) is 19.8 Å². The van der Waals surface area contributed by atoms with Gasteiger partial charge in [-0.1, -0.05) is 6.42 Å². The van der Waals surface area contributed by atoms with Gasteiger partial charge in [0.2, 0.25) is 0 Å². The maximum atomic E-state index is 4.34. The first-order chi connectivity index (χ1) is 9.74. The van der Waals surface area contributed by atoms with E-state index in [0.29, 0.717) is 12.1 Å². The molecule has 0 amide bonds. The lowest BCUT2D eigenvalue weighted by atomic mass is 10.0. The highest BCUT2D eigenvalue weighted by atomic mass is 15.2. The molecular formula is C16H28N4. The number of rotatable bonds is 6. The average Bonchev–Trinajstić information content (AvgIpc) is 3.15. The normalized spacial score (nSPS) is 24.4. The van der Waals surface area contributed by atoms with Gasteiger partial charge in [-0.3, -0.25) is 4.90 Å². The van der Waals surface area contributed by atoms with Crippen molar-refractivity contribution in [3.63, 3.8) is 0 Å². The van der Waals surface area contributed by atoms with Gasteiger partial charge in [-0.25, -0.2) is 4.98 Å². The van der Waals surface area contributed by atoms with Crippen molar-refractivity contribution in [2.75, 3.05) is 13.1 Å². The van der Waals surface area contributed by atoms with Crippen molar-refractivity contribution in [1.29, 1.82) is 0 Å². The topological polar surface area (TPSA) is 33.1 Å². The maximum absolute atomic E-state index is 4.34. The summed E-state index contributed by atoms with van der Waals surface area (Å²) in [4.78, 5) is 7.00. The molecule has 1 N–H and O–H groups in total. The van der Waals surface area contributed by atoms with Gasteiger partial charge in [0.1, 0.15) is 0 Å². The highest BCUT2D eigenvalue weighted by molar-refractivity contribution is 5.01. The van der Waals surface area contributed by atoms with Gasteiger partial charge in [-0.15, -0.1) is 0 Å². The molecule has 4 nitrogen and oxygen atoms in total. The summed E-state index contributed by atoms with van der Waals surface area (Å²) in [5.41, 5.74) is 1.36. The van der Waals surface area contributed by atoms with Crippen LogP contribution in [0.2, 0.25) is 0 Å². The number of aromatic nitrogens is 2. The zero-order valence-corrected chi connectivity index (χ0v) is 12.9. The van der Waals surface area contributed by atoms with Crippen LogP contribution < -0.4 is 5.32 Å². The molecule has 1 saturated carbocycles. The van der Waals surface area contributed by atoms with E-state index in [0.717, 1.165) is 12.6 Å². The first-order valence-electron chi connectivity index (χ1n) is 8.22. The van der Waals surface area contributed by atoms with Crippen LogP contribution in [0, 0.1) is 0 Å². The second-order valence-electron chi connectivity index (χ2n) is 6.69. The molecule has 0 bridgehead atoms. The molecule has 20 heavy (non-hydrogen) atoms. The molecule has 2 aliphatic rings. The predicted octanol–water partition coefficient (Wildman–Crippen LogP) is 2.57. The van der Waals surface area contributed by atoms with Gasteiger partial charge in [0.15, 0.2) is 0 Å². The molecule has 3 rings (SSSR count). The van der Waals surface area contributed by atoms with Crippen LogP contribution in [0.4, 0.5) is 0 Å². The number of nitrogens with one attached hydrogen (secondary N) is 1. The molecule has 1 unspecified atom stereocenters. The lowest BCUT2D eigenvalue weighted by molar-refractivity contribution is 0.133. The van der Waals surface area contributed by atoms with E-state index in [2.05, 4.69) is 33.6 Å². The summed E-state index contributed by atoms with van der Waals surface area (Å²) < 4.78 is 2.31. The molecule has 1 saturated heterocycles. The van der Waals surface area contributed by atoms with Crippen molar-refractivity contribution in [2.24, 2.45) is 0 Å². The van der Waals surface area contributed by atoms with E-state index >= 15 is 0 Å². The standard InChI is InChI=1S/C16H28N4/c1-13(2)20-12-17-9-16(20)11-19-8-4-3-5-15(19)10-18-14-6-7-14/h9,12-15,18H,3-8,10-11H2,1-2H3. The quantitative estimate of drug-likeness (QED) is 0.867. The largest absolute Gasteiger partial charge is 0.331 e. The fourth-order valence-electron chi connectivity index (χ4n) is 3.22. The van der Waals surface area contributed by atoms with Crippen molar-refractivity contribution >= 4 is 0 Å². The Bertz CT molecular complexity index is 422. The fraction of sp³-hybridized carbons (Fsp3) is 0.812. The molecule has 0 aromatic carbocycles. The molecule has 0 radical (unpaired) electrons. The van der Waals surface area contributed by atoms with Crippen LogP contribution in [0.25, 0.3) is 0 Å². The molecule has 1 aromatic heterocycles. The Morgan fingerprint density at radius 1 is 1.30 bits per heavy atom. The zero-order valence-electron chi connectivity index (χ0n) is 12.9. The van der Waals surface area contributed by atoms with Gasteiger partial charge in [-0.05, 0) is 46.1 Å². The van der Waals surface area contributed by atoms with Crippen LogP contribution in [0.15, 0.2) is 12.5 Å². The number of hydrogen-bond acceptors (Lipinski definition) is 3. The molecule has 1 atom stereocenters. The molecule has 1 aromatic rings. The van der Waals surface area contributed by atoms with Crippen LogP contribution in [0.3, 0.4) is 0 Å². The van der Waals surface area contributed by atoms with Crippen LogP contribution in [0.1, 0.15) is 57.7 Å². The Labute approximate surface area is 122 Å². The van der Waals surface area contributed by atoms with Crippen molar-refractivity contribution in [3.05, 3.63) is 18.2 Å². The Balaban J connectivity index is 1.61. The smallest absolute Gasteiger partial charge is 0.0951 e. The SMILES string of the molecule is CC(C)n1cncc1CN1CCCCC1CNC1CC1. The third kappa shape index (κ3) is 3.41. The highest BCUT2D eigenvalue weighted by Gasteiger charge is 2.27. The summed E-state index contributed by atoms with van der Waals surface area (Å²) >= 11 is 0. The molecule has 112 valence electrons. The summed E-state index contributed by atoms with van der Waals surface area (Å²) in [6.07, 6.45) is 10.9. The molecule has 2 fully saturated rings. The number of piperidine rings is 1. The Morgan fingerprint density at radius 2 is 2.15 bits per heavy atom. The summed E-state index contributed by atoms with van der Waals surface area (Å²) in [6.45, 7) is 7.91. The van der Waals surface area contributed by atoms with E-state index in [-0.39, 0.29) is 0 Å². The van der Waals surface area contributed by atoms with Gasteiger partial charge >= 0.3 is 0 Å². The molecule has 1 aliphatic carbocycles. The van der Waals surface area contributed by atoms with Crippen LogP contribution in [-0.2, 0) is 6.54 Å². The van der Waals surface area contributed by atoms with E-state index in [1.54, 1.807) is 0 Å². The summed E-state index contributed by atoms with van der Waals surface area (Å²) in [6, 6.07) is 2.03. The van der Waals surface area contributed by atoms with Crippen LogP contribution in [0.5, 0.6) is 0 Å². The minimum atomic E-state index is 0.500. The number of imidazole rings is 1. The van der Waals surface area contributed by atoms with Crippen LogP contribution in [-0.4, -0.2) is 39.6 Å². The second kappa shape index (κ2) is 6.27.